The van der Waals surface area contributed by atoms with Crippen LogP contribution >= 0.6 is 0 Å². The van der Waals surface area contributed by atoms with Crippen LogP contribution in [-0.4, -0.2) is 42.6 Å². The third kappa shape index (κ3) is 4.94. The Kier molecular flexibility index (Phi) is 5.46. The van der Waals surface area contributed by atoms with Gasteiger partial charge < -0.3 is 20.9 Å². The van der Waals surface area contributed by atoms with E-state index in [0.717, 1.165) is 25.2 Å². The normalized spacial score (nSPS) is 16.3. The minimum Gasteiger partial charge on any atom is -0.369 e. The highest BCUT2D eigenvalue weighted by molar-refractivity contribution is 5.94. The second kappa shape index (κ2) is 8.14. The standard InChI is InChI=1S/C18H21N5O2/c24-17(21-14-5-4-9-19-11-14)12-20-18(25)22-15-8-10-23(13-15)16-6-2-1-3-7-16/h1-7,9,11,15H,8,10,12-13H2,(H,21,24)(H2,20,22,25)/t15-/m0/s1. The van der Waals surface area contributed by atoms with Crippen LogP contribution in [0.2, 0.25) is 0 Å². The monoisotopic (exact) mass is 339 g/mol. The molecule has 1 aromatic heterocycles. The number of aromatic nitrogens is 1. The van der Waals surface area contributed by atoms with E-state index >= 15 is 0 Å². The number of para-hydroxylation sites is 1. The molecule has 0 radical (unpaired) electrons. The van der Waals surface area contributed by atoms with E-state index in [1.807, 2.05) is 18.2 Å². The van der Waals surface area contributed by atoms with Crippen LogP contribution in [0.3, 0.4) is 0 Å². The van der Waals surface area contributed by atoms with Crippen LogP contribution in [-0.2, 0) is 4.79 Å². The molecule has 3 amide bonds. The highest BCUT2D eigenvalue weighted by Crippen LogP contribution is 2.19. The van der Waals surface area contributed by atoms with E-state index in [1.165, 1.54) is 0 Å². The first kappa shape index (κ1) is 16.8. The molecule has 2 aromatic rings. The number of anilines is 2. The Hall–Kier alpha value is -3.09. The third-order valence-electron chi connectivity index (χ3n) is 4.00. The van der Waals surface area contributed by atoms with Crippen molar-refractivity contribution in [3.8, 4) is 0 Å². The third-order valence-corrected chi connectivity index (χ3v) is 4.00. The quantitative estimate of drug-likeness (QED) is 0.772. The fourth-order valence-electron chi connectivity index (χ4n) is 2.79. The molecule has 130 valence electrons. The molecule has 7 heteroatoms. The molecule has 0 bridgehead atoms. The zero-order chi connectivity index (χ0) is 17.5. The largest absolute Gasteiger partial charge is 0.369 e. The van der Waals surface area contributed by atoms with E-state index in [-0.39, 0.29) is 24.5 Å². The molecular weight excluding hydrogens is 318 g/mol. The van der Waals surface area contributed by atoms with Crippen molar-refractivity contribution in [3.05, 3.63) is 54.9 Å². The summed E-state index contributed by atoms with van der Waals surface area (Å²) in [5.41, 5.74) is 1.76. The molecule has 3 rings (SSSR count). The number of nitrogens with zero attached hydrogens (tertiary/aromatic N) is 2. The van der Waals surface area contributed by atoms with Crippen LogP contribution in [0, 0.1) is 0 Å². The van der Waals surface area contributed by atoms with Crippen molar-refractivity contribution < 1.29 is 9.59 Å². The van der Waals surface area contributed by atoms with E-state index in [1.54, 1.807) is 24.5 Å². The summed E-state index contributed by atoms with van der Waals surface area (Å²) in [6.45, 7) is 1.58. The van der Waals surface area contributed by atoms with Gasteiger partial charge in [0.25, 0.3) is 0 Å². The van der Waals surface area contributed by atoms with E-state index < -0.39 is 0 Å². The Balaban J connectivity index is 1.39. The first-order valence-corrected chi connectivity index (χ1v) is 8.25. The number of benzene rings is 1. The van der Waals surface area contributed by atoms with Gasteiger partial charge in [-0.05, 0) is 30.7 Å². The molecule has 1 saturated heterocycles. The zero-order valence-electron chi connectivity index (χ0n) is 13.8. The minimum absolute atomic E-state index is 0.0709. The van der Waals surface area contributed by atoms with Crippen LogP contribution in [0.25, 0.3) is 0 Å². The summed E-state index contributed by atoms with van der Waals surface area (Å²) in [5, 5.41) is 8.16. The average Bonchev–Trinajstić information content (AvgIpc) is 3.10. The van der Waals surface area contributed by atoms with Crippen molar-refractivity contribution in [1.29, 1.82) is 0 Å². The molecule has 25 heavy (non-hydrogen) atoms. The minimum atomic E-state index is -0.332. The predicted molar refractivity (Wildman–Crippen MR) is 96.5 cm³/mol. The zero-order valence-corrected chi connectivity index (χ0v) is 13.8. The van der Waals surface area contributed by atoms with Gasteiger partial charge in [0.2, 0.25) is 5.91 Å². The van der Waals surface area contributed by atoms with Crippen molar-refractivity contribution in [1.82, 2.24) is 15.6 Å². The first-order chi connectivity index (χ1) is 12.2. The van der Waals surface area contributed by atoms with Gasteiger partial charge in [-0.1, -0.05) is 18.2 Å². The van der Waals surface area contributed by atoms with Gasteiger partial charge in [-0.15, -0.1) is 0 Å². The SMILES string of the molecule is O=C(CNC(=O)N[C@H]1CCN(c2ccccc2)C1)Nc1cccnc1. The summed E-state index contributed by atoms with van der Waals surface area (Å²) in [7, 11) is 0. The smallest absolute Gasteiger partial charge is 0.315 e. The van der Waals surface area contributed by atoms with Crippen LogP contribution in [0.1, 0.15) is 6.42 Å². The molecular formula is C18H21N5O2. The van der Waals surface area contributed by atoms with E-state index in [9.17, 15) is 9.59 Å². The van der Waals surface area contributed by atoms with Crippen molar-refractivity contribution >= 4 is 23.3 Å². The van der Waals surface area contributed by atoms with E-state index in [4.69, 9.17) is 0 Å². The number of amides is 3. The molecule has 0 unspecified atom stereocenters. The lowest BCUT2D eigenvalue weighted by atomic mass is 10.3. The topological polar surface area (TPSA) is 86.4 Å². The number of pyridine rings is 1. The van der Waals surface area contributed by atoms with Gasteiger partial charge in [0.1, 0.15) is 0 Å². The average molecular weight is 339 g/mol. The number of carbonyl (C=O) groups excluding carboxylic acids is 2. The van der Waals surface area contributed by atoms with Crippen molar-refractivity contribution in [3.63, 3.8) is 0 Å². The fraction of sp³-hybridized carbons (Fsp3) is 0.278. The van der Waals surface area contributed by atoms with Crippen molar-refractivity contribution in [2.45, 2.75) is 12.5 Å². The summed E-state index contributed by atoms with van der Waals surface area (Å²) in [4.78, 5) is 29.9. The lowest BCUT2D eigenvalue weighted by Gasteiger charge is -2.19. The lowest BCUT2D eigenvalue weighted by molar-refractivity contribution is -0.115. The van der Waals surface area contributed by atoms with Gasteiger partial charge in [-0.2, -0.15) is 0 Å². The Morgan fingerprint density at radius 3 is 2.76 bits per heavy atom. The molecule has 0 spiro atoms. The van der Waals surface area contributed by atoms with Gasteiger partial charge in [0.05, 0.1) is 18.4 Å². The second-order valence-electron chi connectivity index (χ2n) is 5.88. The van der Waals surface area contributed by atoms with Crippen molar-refractivity contribution in [2.75, 3.05) is 29.9 Å². The molecule has 1 aliphatic heterocycles. The van der Waals surface area contributed by atoms with Crippen LogP contribution < -0.4 is 20.9 Å². The molecule has 1 fully saturated rings. The molecule has 7 nitrogen and oxygen atoms in total. The number of nitrogens with one attached hydrogen (secondary N) is 3. The second-order valence-corrected chi connectivity index (χ2v) is 5.88. The Bertz CT molecular complexity index is 708. The number of rotatable bonds is 5. The fourth-order valence-corrected chi connectivity index (χ4v) is 2.79. The molecule has 3 N–H and O–H groups in total. The van der Waals surface area contributed by atoms with E-state index in [2.05, 4.69) is 38.0 Å². The highest BCUT2D eigenvalue weighted by atomic mass is 16.2. The number of hydrogen-bond donors (Lipinski definition) is 3. The van der Waals surface area contributed by atoms with Crippen molar-refractivity contribution in [2.24, 2.45) is 0 Å². The van der Waals surface area contributed by atoms with Gasteiger partial charge in [-0.25, -0.2) is 4.79 Å². The number of urea groups is 1. The maximum Gasteiger partial charge on any atom is 0.315 e. The van der Waals surface area contributed by atoms with Gasteiger partial charge in [0, 0.05) is 31.0 Å². The maximum absolute atomic E-state index is 12.0. The van der Waals surface area contributed by atoms with Crippen LogP contribution in [0.5, 0.6) is 0 Å². The highest BCUT2D eigenvalue weighted by Gasteiger charge is 2.24. The Morgan fingerprint density at radius 1 is 1.16 bits per heavy atom. The van der Waals surface area contributed by atoms with Crippen LogP contribution in [0.15, 0.2) is 54.9 Å². The van der Waals surface area contributed by atoms with Gasteiger partial charge in [0.15, 0.2) is 0 Å². The van der Waals surface area contributed by atoms with Gasteiger partial charge in [-0.3, -0.25) is 9.78 Å². The first-order valence-electron chi connectivity index (χ1n) is 8.25. The number of carbonyl (C=O) groups is 2. The molecule has 1 atom stereocenters. The summed E-state index contributed by atoms with van der Waals surface area (Å²) >= 11 is 0. The van der Waals surface area contributed by atoms with Crippen LogP contribution in [0.4, 0.5) is 16.2 Å². The summed E-state index contributed by atoms with van der Waals surface area (Å²) in [6.07, 6.45) is 4.06. The summed E-state index contributed by atoms with van der Waals surface area (Å²) < 4.78 is 0. The molecule has 0 saturated carbocycles. The number of hydrogen-bond acceptors (Lipinski definition) is 4. The Morgan fingerprint density at radius 2 is 2.00 bits per heavy atom. The molecule has 1 aliphatic rings. The van der Waals surface area contributed by atoms with E-state index in [0.29, 0.717) is 5.69 Å². The van der Waals surface area contributed by atoms with Gasteiger partial charge >= 0.3 is 6.03 Å². The molecule has 2 heterocycles. The summed E-state index contributed by atoms with van der Waals surface area (Å²) in [6, 6.07) is 13.3. The Labute approximate surface area is 146 Å². The lowest BCUT2D eigenvalue weighted by Crippen LogP contribution is -2.45. The maximum atomic E-state index is 12.0. The predicted octanol–water partition coefficient (Wildman–Crippen LogP) is 1.60. The molecule has 0 aliphatic carbocycles. The molecule has 1 aromatic carbocycles. The summed E-state index contributed by atoms with van der Waals surface area (Å²) in [5.74, 6) is -0.291.